The first-order chi connectivity index (χ1) is 5.08. The van der Waals surface area contributed by atoms with Crippen molar-refractivity contribution in [1.82, 2.24) is 0 Å². The fourth-order valence-corrected chi connectivity index (χ4v) is 0.569. The van der Waals surface area contributed by atoms with Crippen molar-refractivity contribution in [1.29, 1.82) is 0 Å². The second-order valence-corrected chi connectivity index (χ2v) is 14.0. The molecular weight excluding hydrogens is 456 g/mol. The first-order valence-electron chi connectivity index (χ1n) is 2.36. The van der Waals surface area contributed by atoms with Crippen molar-refractivity contribution in [2.24, 2.45) is 0 Å². The third-order valence-electron chi connectivity index (χ3n) is 0.577. The van der Waals surface area contributed by atoms with Gasteiger partial charge < -0.3 is 4.74 Å². The Bertz CT molecular complexity index is 106. The molecule has 67 valence electrons. The van der Waals surface area contributed by atoms with E-state index in [-0.39, 0.29) is 6.42 Å². The molecule has 1 unspecified atom stereocenters. The van der Waals surface area contributed by atoms with Crippen molar-refractivity contribution in [2.45, 2.75) is 12.0 Å². The van der Waals surface area contributed by atoms with E-state index in [2.05, 4.69) is 44.7 Å². The molecule has 0 N–H and O–H groups in total. The van der Waals surface area contributed by atoms with Crippen LogP contribution in [0.3, 0.4) is 0 Å². The Kier molecular flexibility index (Phi) is 17.5. The van der Waals surface area contributed by atoms with E-state index in [1.165, 1.54) is 7.11 Å². The van der Waals surface area contributed by atoms with Gasteiger partial charge in [0, 0.05) is 7.11 Å². The molecule has 0 amide bonds. The van der Waals surface area contributed by atoms with Crippen LogP contribution in [-0.2, 0) is 19.0 Å². The zero-order valence-corrected chi connectivity index (χ0v) is 12.8. The van der Waals surface area contributed by atoms with Gasteiger partial charge in [-0.05, 0) is 11.6 Å². The van der Waals surface area contributed by atoms with Crippen molar-refractivity contribution >= 4 is 68.4 Å². The Morgan fingerprint density at radius 2 is 2.09 bits per heavy atom. The average molecular weight is 462 g/mol. The van der Waals surface area contributed by atoms with Crippen LogP contribution in [0.5, 0.6) is 0 Å². The van der Waals surface area contributed by atoms with E-state index >= 15 is 0 Å². The minimum absolute atomic E-state index is 0.0552. The number of halogens is 4. The maximum absolute atomic E-state index is 10.0. The number of ether oxygens (including phenoxy) is 1. The van der Waals surface area contributed by atoms with E-state index in [4.69, 9.17) is 23.2 Å². The molecule has 0 bridgehead atoms. The molecule has 0 fully saturated rings. The molecule has 0 saturated heterocycles. The molecular formula is C4H6Cl2I2O2V. The number of hydrogen-bond acceptors (Lipinski definition) is 2. The Morgan fingerprint density at radius 3 is 2.18 bits per heavy atom. The Balaban J connectivity index is 0. The quantitative estimate of drug-likeness (QED) is 0.367. The SMILES string of the molecule is COC(Cl)CC(=O)Cl.[I][V][I]. The van der Waals surface area contributed by atoms with Gasteiger partial charge in [0.05, 0.1) is 6.42 Å². The van der Waals surface area contributed by atoms with Gasteiger partial charge in [0.15, 0.2) is 0 Å². The minimum atomic E-state index is -0.583. The van der Waals surface area contributed by atoms with Crippen LogP contribution in [0.4, 0.5) is 0 Å². The number of methoxy groups -OCH3 is 1. The Morgan fingerprint density at radius 1 is 1.73 bits per heavy atom. The maximum atomic E-state index is 10.0. The van der Waals surface area contributed by atoms with Crippen LogP contribution < -0.4 is 0 Å². The fourth-order valence-electron chi connectivity index (χ4n) is 0.210. The van der Waals surface area contributed by atoms with Gasteiger partial charge in [0.25, 0.3) is 0 Å². The van der Waals surface area contributed by atoms with Crippen molar-refractivity contribution in [3.8, 4) is 0 Å². The van der Waals surface area contributed by atoms with Gasteiger partial charge in [0.2, 0.25) is 5.24 Å². The van der Waals surface area contributed by atoms with Crippen LogP contribution in [0.2, 0.25) is 0 Å². The number of carbonyl (C=O) groups is 1. The summed E-state index contributed by atoms with van der Waals surface area (Å²) in [5, 5.41) is -0.480. The molecule has 0 saturated carbocycles. The number of hydrogen-bond donors (Lipinski definition) is 0. The predicted molar refractivity (Wildman–Crippen MR) is 60.2 cm³/mol. The Hall–Kier alpha value is 2.25. The van der Waals surface area contributed by atoms with Gasteiger partial charge in [0.1, 0.15) is 5.56 Å². The topological polar surface area (TPSA) is 26.3 Å². The molecule has 11 heavy (non-hydrogen) atoms. The standard InChI is InChI=1S/C4H6Cl2O2.2HI.V/c1-8-4(6)2-3(5)7;;;/h4H,2H2,1H3;2*1H;/q;;;+2/p-2. The van der Waals surface area contributed by atoms with E-state index in [0.717, 1.165) is 0 Å². The molecule has 0 radical (unpaired) electrons. The molecule has 0 spiro atoms. The zero-order valence-electron chi connectivity index (χ0n) is 5.56. The fraction of sp³-hybridized carbons (Fsp3) is 0.750. The molecule has 0 aromatic rings. The first-order valence-corrected chi connectivity index (χ1v) is 12.2. The predicted octanol–water partition coefficient (Wildman–Crippen LogP) is 3.12. The van der Waals surface area contributed by atoms with Gasteiger partial charge in [-0.3, -0.25) is 4.79 Å². The van der Waals surface area contributed by atoms with Crippen molar-refractivity contribution in [3.05, 3.63) is 0 Å². The van der Waals surface area contributed by atoms with Crippen LogP contribution in [-0.4, -0.2) is 17.9 Å². The van der Waals surface area contributed by atoms with Gasteiger partial charge in [-0.15, -0.1) is 0 Å². The first kappa shape index (κ1) is 15.7. The Labute approximate surface area is 105 Å². The summed E-state index contributed by atoms with van der Waals surface area (Å²) in [6, 6.07) is 0. The number of alkyl halides is 1. The third-order valence-corrected chi connectivity index (χ3v) is 1.06. The molecule has 0 aromatic carbocycles. The van der Waals surface area contributed by atoms with E-state index in [9.17, 15) is 4.79 Å². The summed E-state index contributed by atoms with van der Waals surface area (Å²) in [6.45, 7) is 0. The number of rotatable bonds is 3. The van der Waals surface area contributed by atoms with Gasteiger partial charge >= 0.3 is 49.4 Å². The van der Waals surface area contributed by atoms with E-state index in [1.807, 2.05) is 0 Å². The molecule has 0 aromatic heterocycles. The summed E-state index contributed by atoms with van der Waals surface area (Å²) in [7, 11) is 2.04. The third kappa shape index (κ3) is 18.9. The van der Waals surface area contributed by atoms with Crippen LogP contribution in [0.1, 0.15) is 6.42 Å². The molecule has 0 aliphatic carbocycles. The molecule has 1 atom stereocenters. The van der Waals surface area contributed by atoms with Gasteiger partial charge in [-0.1, -0.05) is 11.6 Å². The molecule has 2 nitrogen and oxygen atoms in total. The van der Waals surface area contributed by atoms with Crippen molar-refractivity contribution < 1.29 is 19.0 Å². The van der Waals surface area contributed by atoms with Crippen molar-refractivity contribution in [2.75, 3.05) is 7.11 Å². The van der Waals surface area contributed by atoms with E-state index < -0.39 is 10.8 Å². The molecule has 7 heteroatoms. The molecule has 0 aliphatic heterocycles. The summed E-state index contributed by atoms with van der Waals surface area (Å²) < 4.78 is 4.52. The van der Waals surface area contributed by atoms with Gasteiger partial charge in [-0.25, -0.2) is 0 Å². The summed E-state index contributed by atoms with van der Waals surface area (Å²) in [5.74, 6) is 0. The summed E-state index contributed by atoms with van der Waals surface area (Å²) >= 11 is 15.0. The molecule has 0 rings (SSSR count). The second kappa shape index (κ2) is 12.3. The van der Waals surface area contributed by atoms with Crippen LogP contribution in [0.15, 0.2) is 0 Å². The van der Waals surface area contributed by atoms with Gasteiger partial charge in [-0.2, -0.15) is 0 Å². The molecule has 0 heterocycles. The summed E-state index contributed by atoms with van der Waals surface area (Å²) in [5.41, 5.74) is -0.583. The monoisotopic (exact) mass is 461 g/mol. The average Bonchev–Trinajstić information content (AvgIpc) is 1.88. The van der Waals surface area contributed by atoms with Crippen molar-refractivity contribution in [3.63, 3.8) is 0 Å². The van der Waals surface area contributed by atoms with Crippen LogP contribution >= 0.6 is 63.2 Å². The second-order valence-electron chi connectivity index (χ2n) is 1.27. The van der Waals surface area contributed by atoms with Crippen LogP contribution in [0, 0.1) is 0 Å². The number of carbonyl (C=O) groups excluding carboxylic acids is 1. The summed E-state index contributed by atoms with van der Waals surface area (Å²) in [4.78, 5) is 10.0. The zero-order chi connectivity index (χ0) is 9.28. The van der Waals surface area contributed by atoms with Crippen LogP contribution in [0.25, 0.3) is 0 Å². The van der Waals surface area contributed by atoms with E-state index in [1.54, 1.807) is 0 Å². The normalized spacial score (nSPS) is 11.0. The summed E-state index contributed by atoms with van der Waals surface area (Å²) in [6.07, 6.45) is 0.0552. The van der Waals surface area contributed by atoms with E-state index in [0.29, 0.717) is 9.47 Å². The molecule has 0 aliphatic rings.